The van der Waals surface area contributed by atoms with Crippen LogP contribution < -0.4 is 10.6 Å². The van der Waals surface area contributed by atoms with Gasteiger partial charge in [-0.25, -0.2) is 0 Å². The van der Waals surface area contributed by atoms with Gasteiger partial charge in [-0.1, -0.05) is 32.6 Å². The van der Waals surface area contributed by atoms with Gasteiger partial charge >= 0.3 is 0 Å². The zero-order valence-electron chi connectivity index (χ0n) is 13.0. The van der Waals surface area contributed by atoms with Crippen molar-refractivity contribution in [2.45, 2.75) is 84.2 Å². The molecule has 2 unspecified atom stereocenters. The molecule has 2 atom stereocenters. The molecule has 1 saturated carbocycles. The van der Waals surface area contributed by atoms with Crippen LogP contribution in [0, 0.1) is 5.92 Å². The zero-order valence-corrected chi connectivity index (χ0v) is 13.0. The minimum atomic E-state index is 0.167. The van der Waals surface area contributed by atoms with Crippen LogP contribution in [0.25, 0.3) is 0 Å². The molecule has 0 bridgehead atoms. The van der Waals surface area contributed by atoms with Crippen LogP contribution >= 0.6 is 0 Å². The van der Waals surface area contributed by atoms with Crippen molar-refractivity contribution in [3.05, 3.63) is 0 Å². The maximum atomic E-state index is 11.5. The van der Waals surface area contributed by atoms with Gasteiger partial charge in [0.2, 0.25) is 5.91 Å². The molecule has 112 valence electrons. The molecule has 3 nitrogen and oxygen atoms in total. The van der Waals surface area contributed by atoms with Crippen molar-refractivity contribution in [3.63, 3.8) is 0 Å². The molecule has 1 aliphatic rings. The van der Waals surface area contributed by atoms with E-state index in [1.54, 1.807) is 0 Å². The summed E-state index contributed by atoms with van der Waals surface area (Å²) in [6.07, 6.45) is 10.0. The van der Waals surface area contributed by atoms with Crippen molar-refractivity contribution in [2.75, 3.05) is 6.54 Å². The van der Waals surface area contributed by atoms with Crippen LogP contribution in [0.1, 0.15) is 72.1 Å². The molecule has 1 amide bonds. The maximum absolute atomic E-state index is 11.5. The second kappa shape index (κ2) is 9.35. The molecular formula is C16H32N2O. The lowest BCUT2D eigenvalue weighted by Crippen LogP contribution is -2.35. The monoisotopic (exact) mass is 268 g/mol. The first-order chi connectivity index (χ1) is 9.11. The summed E-state index contributed by atoms with van der Waals surface area (Å²) in [5.74, 6) is 1.11. The maximum Gasteiger partial charge on any atom is 0.221 e. The minimum absolute atomic E-state index is 0.167. The first-order valence-corrected chi connectivity index (χ1v) is 8.14. The van der Waals surface area contributed by atoms with Gasteiger partial charge in [-0.2, -0.15) is 0 Å². The van der Waals surface area contributed by atoms with Crippen LogP contribution in [0.15, 0.2) is 0 Å². The van der Waals surface area contributed by atoms with E-state index in [1.165, 1.54) is 44.9 Å². The summed E-state index contributed by atoms with van der Waals surface area (Å²) < 4.78 is 0. The molecule has 0 aromatic heterocycles. The first-order valence-electron chi connectivity index (χ1n) is 8.14. The fourth-order valence-corrected chi connectivity index (χ4v) is 3.06. The number of amides is 1. The molecular weight excluding hydrogens is 236 g/mol. The Morgan fingerprint density at radius 1 is 1.21 bits per heavy atom. The van der Waals surface area contributed by atoms with E-state index >= 15 is 0 Å². The highest BCUT2D eigenvalue weighted by Crippen LogP contribution is 2.26. The van der Waals surface area contributed by atoms with Crippen molar-refractivity contribution >= 4 is 5.91 Å². The summed E-state index contributed by atoms with van der Waals surface area (Å²) in [5.41, 5.74) is 0. The first kappa shape index (κ1) is 16.5. The van der Waals surface area contributed by atoms with Gasteiger partial charge in [0, 0.05) is 25.0 Å². The highest BCUT2D eigenvalue weighted by Gasteiger charge is 2.18. The topological polar surface area (TPSA) is 41.1 Å². The smallest absolute Gasteiger partial charge is 0.221 e. The van der Waals surface area contributed by atoms with Crippen LogP contribution in [0.2, 0.25) is 0 Å². The van der Waals surface area contributed by atoms with Crippen LogP contribution in [0.4, 0.5) is 0 Å². The van der Waals surface area contributed by atoms with Crippen LogP contribution in [-0.2, 0) is 4.79 Å². The Morgan fingerprint density at radius 2 is 2.00 bits per heavy atom. The molecule has 1 fully saturated rings. The van der Waals surface area contributed by atoms with Crippen LogP contribution in [-0.4, -0.2) is 24.5 Å². The SMILES string of the molecule is CCCC1CCCC(NCCC(=O)NC(C)C)CC1. The predicted octanol–water partition coefficient (Wildman–Crippen LogP) is 3.24. The molecule has 0 saturated heterocycles. The minimum Gasteiger partial charge on any atom is -0.354 e. The summed E-state index contributed by atoms with van der Waals surface area (Å²) in [4.78, 5) is 11.5. The normalized spacial score (nSPS) is 24.2. The number of rotatable bonds is 7. The third kappa shape index (κ3) is 7.56. The fourth-order valence-electron chi connectivity index (χ4n) is 3.06. The Kier molecular flexibility index (Phi) is 8.11. The molecule has 0 radical (unpaired) electrons. The summed E-state index contributed by atoms with van der Waals surface area (Å²) in [7, 11) is 0. The summed E-state index contributed by atoms with van der Waals surface area (Å²) >= 11 is 0. The Hall–Kier alpha value is -0.570. The quantitative estimate of drug-likeness (QED) is 0.696. The van der Waals surface area contributed by atoms with E-state index in [2.05, 4.69) is 17.6 Å². The van der Waals surface area contributed by atoms with Crippen LogP contribution in [0.3, 0.4) is 0 Å². The third-order valence-corrected chi connectivity index (χ3v) is 4.02. The van der Waals surface area contributed by atoms with E-state index < -0.39 is 0 Å². The van der Waals surface area contributed by atoms with Gasteiger partial charge in [0.25, 0.3) is 0 Å². The number of hydrogen-bond acceptors (Lipinski definition) is 2. The van der Waals surface area contributed by atoms with Gasteiger partial charge in [0.1, 0.15) is 0 Å². The van der Waals surface area contributed by atoms with Gasteiger partial charge in [-0.05, 0) is 39.0 Å². The number of carbonyl (C=O) groups excluding carboxylic acids is 1. The second-order valence-electron chi connectivity index (χ2n) is 6.29. The highest BCUT2D eigenvalue weighted by molar-refractivity contribution is 5.76. The Labute approximate surface area is 118 Å². The molecule has 1 aliphatic carbocycles. The van der Waals surface area contributed by atoms with Crippen molar-refractivity contribution in [3.8, 4) is 0 Å². The van der Waals surface area contributed by atoms with Gasteiger partial charge in [-0.15, -0.1) is 0 Å². The molecule has 0 aliphatic heterocycles. The number of hydrogen-bond donors (Lipinski definition) is 2. The van der Waals surface area contributed by atoms with Crippen LogP contribution in [0.5, 0.6) is 0 Å². The molecule has 0 heterocycles. The Morgan fingerprint density at radius 3 is 2.68 bits per heavy atom. The number of carbonyl (C=O) groups is 1. The number of nitrogens with one attached hydrogen (secondary N) is 2. The fraction of sp³-hybridized carbons (Fsp3) is 0.938. The molecule has 1 rings (SSSR count). The van der Waals surface area contributed by atoms with Crippen molar-refractivity contribution < 1.29 is 4.79 Å². The van der Waals surface area contributed by atoms with E-state index in [1.807, 2.05) is 13.8 Å². The molecule has 0 aromatic carbocycles. The van der Waals surface area contributed by atoms with Gasteiger partial charge in [-0.3, -0.25) is 4.79 Å². The van der Waals surface area contributed by atoms with Crippen molar-refractivity contribution in [1.29, 1.82) is 0 Å². The van der Waals surface area contributed by atoms with E-state index in [-0.39, 0.29) is 11.9 Å². The van der Waals surface area contributed by atoms with Gasteiger partial charge < -0.3 is 10.6 Å². The summed E-state index contributed by atoms with van der Waals surface area (Å²) in [6, 6.07) is 0.883. The summed E-state index contributed by atoms with van der Waals surface area (Å²) in [5, 5.41) is 6.51. The Balaban J connectivity index is 2.14. The lowest BCUT2D eigenvalue weighted by atomic mass is 9.95. The largest absolute Gasteiger partial charge is 0.354 e. The van der Waals surface area contributed by atoms with Crippen molar-refractivity contribution in [1.82, 2.24) is 10.6 Å². The molecule has 0 spiro atoms. The standard InChI is InChI=1S/C16H32N2O/c1-4-6-14-7-5-8-15(10-9-14)17-12-11-16(19)18-13(2)3/h13-15,17H,4-12H2,1-3H3,(H,18,19). The predicted molar refractivity (Wildman–Crippen MR) is 81.2 cm³/mol. The average molecular weight is 268 g/mol. The lowest BCUT2D eigenvalue weighted by molar-refractivity contribution is -0.121. The van der Waals surface area contributed by atoms with Gasteiger partial charge in [0.05, 0.1) is 0 Å². The summed E-state index contributed by atoms with van der Waals surface area (Å²) in [6.45, 7) is 7.12. The average Bonchev–Trinajstić information content (AvgIpc) is 2.54. The molecule has 2 N–H and O–H groups in total. The third-order valence-electron chi connectivity index (χ3n) is 4.02. The second-order valence-corrected chi connectivity index (χ2v) is 6.29. The van der Waals surface area contributed by atoms with E-state index in [0.717, 1.165) is 12.5 Å². The molecule has 19 heavy (non-hydrogen) atoms. The zero-order chi connectivity index (χ0) is 14.1. The molecule has 3 heteroatoms. The molecule has 0 aromatic rings. The van der Waals surface area contributed by atoms with Crippen molar-refractivity contribution in [2.24, 2.45) is 5.92 Å². The van der Waals surface area contributed by atoms with E-state index in [4.69, 9.17) is 0 Å². The van der Waals surface area contributed by atoms with E-state index in [9.17, 15) is 4.79 Å². The Bertz CT molecular complexity index is 253. The van der Waals surface area contributed by atoms with Gasteiger partial charge in [0.15, 0.2) is 0 Å². The lowest BCUT2D eigenvalue weighted by Gasteiger charge is -2.17. The van der Waals surface area contributed by atoms with E-state index in [0.29, 0.717) is 12.5 Å². The highest BCUT2D eigenvalue weighted by atomic mass is 16.1.